The minimum absolute atomic E-state index is 0.0305. The predicted molar refractivity (Wildman–Crippen MR) is 58.4 cm³/mol. The van der Waals surface area contributed by atoms with E-state index in [2.05, 4.69) is 5.32 Å². The maximum absolute atomic E-state index is 13.1. The van der Waals surface area contributed by atoms with Gasteiger partial charge in [0.15, 0.2) is 0 Å². The molecule has 0 aliphatic heterocycles. The third kappa shape index (κ3) is 4.94. The smallest absolute Gasteiger partial charge is 0.382 e. The number of hydrogen-bond donors (Lipinski definition) is 1. The molecule has 1 N–H and O–H groups in total. The van der Waals surface area contributed by atoms with Crippen LogP contribution in [0.15, 0.2) is 18.2 Å². The van der Waals surface area contributed by atoms with Crippen LogP contribution in [0, 0.1) is 5.82 Å². The summed E-state index contributed by atoms with van der Waals surface area (Å²) in [6.07, 6.45) is 0. The van der Waals surface area contributed by atoms with Crippen molar-refractivity contribution in [3.8, 4) is 0 Å². The van der Waals surface area contributed by atoms with Crippen LogP contribution in [0.1, 0.15) is 0 Å². The molecule has 0 radical (unpaired) electrons. The molecule has 0 aliphatic rings. The Morgan fingerprint density at radius 2 is 2.00 bits per heavy atom. The third-order valence-electron chi connectivity index (χ3n) is 1.61. The van der Waals surface area contributed by atoms with Gasteiger partial charge in [-0.25, -0.2) is 4.39 Å². The van der Waals surface area contributed by atoms with Gasteiger partial charge in [-0.15, -0.1) is 0 Å². The summed E-state index contributed by atoms with van der Waals surface area (Å²) in [6, 6.07) is 3.95. The van der Waals surface area contributed by atoms with Gasteiger partial charge in [-0.3, -0.25) is 0 Å². The fourth-order valence-corrected chi connectivity index (χ4v) is 1.58. The second-order valence-corrected chi connectivity index (χ2v) is 4.44. The summed E-state index contributed by atoms with van der Waals surface area (Å²) in [5.74, 6) is -0.754. The number of hydrogen-bond acceptors (Lipinski definition) is 2. The van der Waals surface area contributed by atoms with E-state index in [1.165, 1.54) is 12.1 Å². The summed E-state index contributed by atoms with van der Waals surface area (Å²) in [5, 5.41) is 2.80. The van der Waals surface area contributed by atoms with Crippen molar-refractivity contribution in [3.05, 3.63) is 29.0 Å². The number of nitrogens with one attached hydrogen (secondary N) is 1. The number of alkyl halides is 3. The molecule has 1 rings (SSSR count). The van der Waals surface area contributed by atoms with Gasteiger partial charge >= 0.3 is 5.51 Å². The van der Waals surface area contributed by atoms with Gasteiger partial charge in [0.2, 0.25) is 0 Å². The van der Waals surface area contributed by atoms with E-state index in [0.717, 1.165) is 6.07 Å². The standard InChI is InChI=1S/C9H8ClF4NS/c10-6-1-2-8(7(11)5-6)15-3-4-16-9(12,13)14/h1-2,5,15H,3-4H2. The first-order valence-corrected chi connectivity index (χ1v) is 5.64. The second-order valence-electron chi connectivity index (χ2n) is 2.85. The fourth-order valence-electron chi connectivity index (χ4n) is 0.985. The van der Waals surface area contributed by atoms with E-state index in [1.807, 2.05) is 0 Å². The summed E-state index contributed by atoms with van der Waals surface area (Å²) in [7, 11) is 0. The molecule has 0 heterocycles. The molecule has 0 aliphatic carbocycles. The molecular formula is C9H8ClF4NS. The average Bonchev–Trinajstić information content (AvgIpc) is 2.13. The maximum Gasteiger partial charge on any atom is 0.441 e. The highest BCUT2D eigenvalue weighted by Gasteiger charge is 2.27. The summed E-state index contributed by atoms with van der Waals surface area (Å²) in [6.45, 7) is 0.0305. The van der Waals surface area contributed by atoms with Gasteiger partial charge in [0.05, 0.1) is 5.69 Å². The van der Waals surface area contributed by atoms with Gasteiger partial charge in [0, 0.05) is 17.3 Å². The lowest BCUT2D eigenvalue weighted by Crippen LogP contribution is -2.10. The van der Waals surface area contributed by atoms with Crippen LogP contribution in [-0.4, -0.2) is 17.8 Å². The van der Waals surface area contributed by atoms with E-state index in [1.54, 1.807) is 0 Å². The van der Waals surface area contributed by atoms with Crippen LogP contribution in [0.5, 0.6) is 0 Å². The minimum atomic E-state index is -4.25. The zero-order valence-corrected chi connectivity index (χ0v) is 9.52. The highest BCUT2D eigenvalue weighted by molar-refractivity contribution is 8.00. The van der Waals surface area contributed by atoms with E-state index >= 15 is 0 Å². The van der Waals surface area contributed by atoms with Gasteiger partial charge in [-0.05, 0) is 30.0 Å². The Hall–Kier alpha value is -0.620. The maximum atomic E-state index is 13.1. The molecule has 0 aromatic heterocycles. The zero-order valence-electron chi connectivity index (χ0n) is 7.94. The molecule has 0 amide bonds. The Morgan fingerprint density at radius 1 is 1.31 bits per heavy atom. The monoisotopic (exact) mass is 273 g/mol. The van der Waals surface area contributed by atoms with Crippen LogP contribution >= 0.6 is 23.4 Å². The van der Waals surface area contributed by atoms with E-state index < -0.39 is 11.3 Å². The Labute approximate surface area is 99.2 Å². The van der Waals surface area contributed by atoms with Gasteiger partial charge < -0.3 is 5.32 Å². The molecule has 90 valence electrons. The lowest BCUT2D eigenvalue weighted by molar-refractivity contribution is -0.0327. The number of thioether (sulfide) groups is 1. The molecule has 1 aromatic rings. The first-order valence-electron chi connectivity index (χ1n) is 4.28. The van der Waals surface area contributed by atoms with Crippen molar-refractivity contribution in [3.63, 3.8) is 0 Å². The van der Waals surface area contributed by atoms with Crippen molar-refractivity contribution >= 4 is 29.1 Å². The van der Waals surface area contributed by atoms with E-state index in [0.29, 0.717) is 0 Å². The molecule has 0 spiro atoms. The number of halogens is 5. The predicted octanol–water partition coefficient (Wildman–Crippen LogP) is 4.14. The fraction of sp³-hybridized carbons (Fsp3) is 0.333. The number of rotatable bonds is 4. The van der Waals surface area contributed by atoms with Crippen LogP contribution in [0.3, 0.4) is 0 Å². The van der Waals surface area contributed by atoms with Crippen LogP contribution in [-0.2, 0) is 0 Å². The molecular weight excluding hydrogens is 266 g/mol. The number of benzene rings is 1. The third-order valence-corrected chi connectivity index (χ3v) is 2.59. The first-order chi connectivity index (χ1) is 7.38. The van der Waals surface area contributed by atoms with Crippen LogP contribution in [0.25, 0.3) is 0 Å². The van der Waals surface area contributed by atoms with Gasteiger partial charge in [-0.2, -0.15) is 13.2 Å². The van der Waals surface area contributed by atoms with Crippen molar-refractivity contribution < 1.29 is 17.6 Å². The Bertz CT molecular complexity index is 356. The van der Waals surface area contributed by atoms with Crippen molar-refractivity contribution in [2.75, 3.05) is 17.6 Å². The Kier molecular flexibility index (Phi) is 4.73. The molecule has 16 heavy (non-hydrogen) atoms. The van der Waals surface area contributed by atoms with Gasteiger partial charge in [-0.1, -0.05) is 11.6 Å². The van der Waals surface area contributed by atoms with Gasteiger partial charge in [0.25, 0.3) is 0 Å². The minimum Gasteiger partial charge on any atom is -0.382 e. The molecule has 0 atom stereocenters. The van der Waals surface area contributed by atoms with E-state index in [-0.39, 0.29) is 34.8 Å². The molecule has 0 unspecified atom stereocenters. The van der Waals surface area contributed by atoms with E-state index in [9.17, 15) is 17.6 Å². The van der Waals surface area contributed by atoms with Crippen molar-refractivity contribution in [2.24, 2.45) is 0 Å². The highest BCUT2D eigenvalue weighted by Crippen LogP contribution is 2.29. The van der Waals surface area contributed by atoms with Crippen LogP contribution in [0.2, 0.25) is 5.02 Å². The van der Waals surface area contributed by atoms with Crippen LogP contribution < -0.4 is 5.32 Å². The SMILES string of the molecule is Fc1cc(Cl)ccc1NCCSC(F)(F)F. The molecule has 7 heteroatoms. The average molecular weight is 274 g/mol. The van der Waals surface area contributed by atoms with Crippen molar-refractivity contribution in [1.82, 2.24) is 0 Å². The first kappa shape index (κ1) is 13.4. The summed E-state index contributed by atoms with van der Waals surface area (Å²) in [5.41, 5.74) is -4.10. The van der Waals surface area contributed by atoms with Crippen LogP contribution in [0.4, 0.5) is 23.2 Å². The largest absolute Gasteiger partial charge is 0.441 e. The summed E-state index contributed by atoms with van der Waals surface area (Å²) in [4.78, 5) is 0. The molecule has 0 fully saturated rings. The Morgan fingerprint density at radius 3 is 2.56 bits per heavy atom. The Balaban J connectivity index is 2.38. The lowest BCUT2D eigenvalue weighted by atomic mass is 10.3. The number of anilines is 1. The molecule has 0 saturated carbocycles. The molecule has 0 bridgehead atoms. The quantitative estimate of drug-likeness (QED) is 0.653. The summed E-state index contributed by atoms with van der Waals surface area (Å²) < 4.78 is 48.4. The second kappa shape index (κ2) is 5.63. The normalized spacial score (nSPS) is 11.6. The van der Waals surface area contributed by atoms with E-state index in [4.69, 9.17) is 11.6 Å². The van der Waals surface area contributed by atoms with Crippen molar-refractivity contribution in [2.45, 2.75) is 5.51 Å². The van der Waals surface area contributed by atoms with Crippen molar-refractivity contribution in [1.29, 1.82) is 0 Å². The molecule has 1 aromatic carbocycles. The lowest BCUT2D eigenvalue weighted by Gasteiger charge is -2.08. The topological polar surface area (TPSA) is 12.0 Å². The highest BCUT2D eigenvalue weighted by atomic mass is 35.5. The van der Waals surface area contributed by atoms with Gasteiger partial charge in [0.1, 0.15) is 5.82 Å². The summed E-state index contributed by atoms with van der Waals surface area (Å²) >= 11 is 5.37. The molecule has 0 saturated heterocycles. The molecule has 1 nitrogen and oxygen atoms in total. The zero-order chi connectivity index (χ0) is 12.2.